The van der Waals surface area contributed by atoms with Crippen LogP contribution < -0.4 is 4.74 Å². The van der Waals surface area contributed by atoms with Crippen LogP contribution >= 0.6 is 0 Å². The standard InChI is InChI=1S/C16H11NO4/c1-10(18)21-11-5-6-12-13(9-20-15(12)8-11)16(19)14-4-2-3-7-17-14/h2-9H,1H3. The molecule has 0 bridgehead atoms. The zero-order chi connectivity index (χ0) is 14.8. The Labute approximate surface area is 120 Å². The van der Waals surface area contributed by atoms with Crippen molar-refractivity contribution >= 4 is 22.7 Å². The molecule has 0 aliphatic carbocycles. The van der Waals surface area contributed by atoms with Crippen LogP contribution in [0.1, 0.15) is 23.0 Å². The van der Waals surface area contributed by atoms with Crippen LogP contribution in [0.5, 0.6) is 5.75 Å². The molecule has 0 N–H and O–H groups in total. The number of nitrogens with zero attached hydrogens (tertiary/aromatic N) is 1. The lowest BCUT2D eigenvalue weighted by Gasteiger charge is -2.01. The zero-order valence-corrected chi connectivity index (χ0v) is 11.2. The summed E-state index contributed by atoms with van der Waals surface area (Å²) >= 11 is 0. The van der Waals surface area contributed by atoms with E-state index in [1.807, 2.05) is 0 Å². The maximum absolute atomic E-state index is 12.4. The van der Waals surface area contributed by atoms with E-state index in [0.29, 0.717) is 28.0 Å². The second-order valence-electron chi connectivity index (χ2n) is 4.45. The van der Waals surface area contributed by atoms with Crippen LogP contribution in [0.3, 0.4) is 0 Å². The van der Waals surface area contributed by atoms with Crippen molar-refractivity contribution in [3.05, 3.63) is 60.1 Å². The molecule has 2 aromatic heterocycles. The van der Waals surface area contributed by atoms with Crippen LogP contribution in [-0.4, -0.2) is 16.7 Å². The summed E-state index contributed by atoms with van der Waals surface area (Å²) in [6.45, 7) is 1.32. The van der Waals surface area contributed by atoms with Gasteiger partial charge in [-0.3, -0.25) is 14.6 Å². The Balaban J connectivity index is 2.01. The molecule has 0 amide bonds. The fourth-order valence-corrected chi connectivity index (χ4v) is 2.05. The first-order valence-electron chi connectivity index (χ1n) is 6.30. The molecule has 5 heteroatoms. The van der Waals surface area contributed by atoms with E-state index in [1.54, 1.807) is 42.6 Å². The highest BCUT2D eigenvalue weighted by Gasteiger charge is 2.17. The number of aromatic nitrogens is 1. The predicted molar refractivity (Wildman–Crippen MR) is 75.2 cm³/mol. The van der Waals surface area contributed by atoms with E-state index in [-0.39, 0.29) is 5.78 Å². The maximum Gasteiger partial charge on any atom is 0.308 e. The minimum atomic E-state index is -0.411. The summed E-state index contributed by atoms with van der Waals surface area (Å²) in [4.78, 5) is 27.3. The van der Waals surface area contributed by atoms with E-state index in [0.717, 1.165) is 0 Å². The van der Waals surface area contributed by atoms with Gasteiger partial charge >= 0.3 is 5.97 Å². The Bertz CT molecular complexity index is 821. The van der Waals surface area contributed by atoms with E-state index in [1.165, 1.54) is 13.2 Å². The number of rotatable bonds is 3. The first kappa shape index (κ1) is 13.1. The van der Waals surface area contributed by atoms with Crippen LogP contribution in [0.25, 0.3) is 11.0 Å². The molecular formula is C16H11NO4. The Morgan fingerprint density at radius 1 is 1.19 bits per heavy atom. The van der Waals surface area contributed by atoms with Crippen LogP contribution in [0, 0.1) is 0 Å². The molecular weight excluding hydrogens is 270 g/mol. The molecule has 0 atom stereocenters. The molecule has 104 valence electrons. The minimum absolute atomic E-state index is 0.213. The van der Waals surface area contributed by atoms with Crippen molar-refractivity contribution in [1.82, 2.24) is 4.98 Å². The molecule has 3 rings (SSSR count). The number of pyridine rings is 1. The van der Waals surface area contributed by atoms with Crippen molar-refractivity contribution < 1.29 is 18.7 Å². The van der Waals surface area contributed by atoms with Crippen molar-refractivity contribution in [2.24, 2.45) is 0 Å². The Kier molecular flexibility index (Phi) is 3.23. The van der Waals surface area contributed by atoms with Gasteiger partial charge in [0.1, 0.15) is 23.3 Å². The number of hydrogen-bond acceptors (Lipinski definition) is 5. The lowest BCUT2D eigenvalue weighted by atomic mass is 10.1. The number of carbonyl (C=O) groups is 2. The highest BCUT2D eigenvalue weighted by molar-refractivity contribution is 6.15. The Morgan fingerprint density at radius 3 is 2.76 bits per heavy atom. The summed E-state index contributed by atoms with van der Waals surface area (Å²) in [6, 6.07) is 10.0. The highest BCUT2D eigenvalue weighted by atomic mass is 16.5. The van der Waals surface area contributed by atoms with E-state index in [9.17, 15) is 9.59 Å². The van der Waals surface area contributed by atoms with Gasteiger partial charge < -0.3 is 9.15 Å². The predicted octanol–water partition coefficient (Wildman–Crippen LogP) is 2.98. The van der Waals surface area contributed by atoms with Gasteiger partial charge in [-0.1, -0.05) is 6.07 Å². The van der Waals surface area contributed by atoms with Gasteiger partial charge in [-0.05, 0) is 24.3 Å². The average molecular weight is 281 g/mol. The molecule has 1 aromatic carbocycles. The lowest BCUT2D eigenvalue weighted by molar-refractivity contribution is -0.131. The van der Waals surface area contributed by atoms with Crippen LogP contribution in [0.2, 0.25) is 0 Å². The van der Waals surface area contributed by atoms with Gasteiger partial charge in [0.25, 0.3) is 0 Å². The number of ketones is 1. The molecule has 0 aliphatic rings. The normalized spacial score (nSPS) is 10.5. The largest absolute Gasteiger partial charge is 0.463 e. The monoisotopic (exact) mass is 281 g/mol. The van der Waals surface area contributed by atoms with E-state index >= 15 is 0 Å². The van der Waals surface area contributed by atoms with Crippen molar-refractivity contribution in [1.29, 1.82) is 0 Å². The van der Waals surface area contributed by atoms with Gasteiger partial charge in [0.15, 0.2) is 0 Å². The molecule has 0 fully saturated rings. The van der Waals surface area contributed by atoms with Crippen LogP contribution in [0.15, 0.2) is 53.3 Å². The third kappa shape index (κ3) is 2.53. The van der Waals surface area contributed by atoms with Gasteiger partial charge in [0, 0.05) is 24.6 Å². The number of furan rings is 1. The highest BCUT2D eigenvalue weighted by Crippen LogP contribution is 2.27. The molecule has 0 saturated carbocycles. The number of benzene rings is 1. The first-order valence-corrected chi connectivity index (χ1v) is 6.30. The summed E-state index contributed by atoms with van der Waals surface area (Å²) in [5, 5.41) is 0.654. The van der Waals surface area contributed by atoms with Crippen LogP contribution in [-0.2, 0) is 4.79 Å². The summed E-state index contributed by atoms with van der Waals surface area (Å²) in [6.07, 6.45) is 2.95. The zero-order valence-electron chi connectivity index (χ0n) is 11.2. The summed E-state index contributed by atoms with van der Waals surface area (Å²) in [5.74, 6) is -0.249. The topological polar surface area (TPSA) is 69.4 Å². The SMILES string of the molecule is CC(=O)Oc1ccc2c(C(=O)c3ccccn3)coc2c1. The number of carbonyl (C=O) groups excluding carboxylic acids is 2. The van der Waals surface area contributed by atoms with Gasteiger partial charge in [-0.25, -0.2) is 0 Å². The van der Waals surface area contributed by atoms with Crippen molar-refractivity contribution in [3.63, 3.8) is 0 Å². The Morgan fingerprint density at radius 2 is 2.05 bits per heavy atom. The quantitative estimate of drug-likeness (QED) is 0.419. The van der Waals surface area contributed by atoms with Crippen LogP contribution in [0.4, 0.5) is 0 Å². The number of ether oxygens (including phenoxy) is 1. The molecule has 0 saturated heterocycles. The summed E-state index contributed by atoms with van der Waals surface area (Å²) < 4.78 is 10.4. The summed E-state index contributed by atoms with van der Waals surface area (Å²) in [7, 11) is 0. The van der Waals surface area contributed by atoms with Gasteiger partial charge in [0.2, 0.25) is 5.78 Å². The van der Waals surface area contributed by atoms with E-state index in [2.05, 4.69) is 4.98 Å². The molecule has 21 heavy (non-hydrogen) atoms. The van der Waals surface area contributed by atoms with Gasteiger partial charge in [0.05, 0.1) is 5.56 Å². The molecule has 0 aliphatic heterocycles. The third-order valence-electron chi connectivity index (χ3n) is 2.95. The number of hydrogen-bond donors (Lipinski definition) is 0. The average Bonchev–Trinajstić information content (AvgIpc) is 2.90. The maximum atomic E-state index is 12.4. The van der Waals surface area contributed by atoms with Crippen molar-refractivity contribution in [2.75, 3.05) is 0 Å². The first-order chi connectivity index (χ1) is 10.1. The molecule has 0 unspecified atom stereocenters. The molecule has 0 radical (unpaired) electrons. The van der Waals surface area contributed by atoms with Crippen molar-refractivity contribution in [2.45, 2.75) is 6.92 Å². The van der Waals surface area contributed by atoms with E-state index in [4.69, 9.17) is 9.15 Å². The second kappa shape index (κ2) is 5.20. The molecule has 3 aromatic rings. The smallest absolute Gasteiger partial charge is 0.308 e. The van der Waals surface area contributed by atoms with Gasteiger partial charge in [-0.2, -0.15) is 0 Å². The fraction of sp³-hybridized carbons (Fsp3) is 0.0625. The molecule has 0 spiro atoms. The lowest BCUT2D eigenvalue weighted by Crippen LogP contribution is -2.03. The van der Waals surface area contributed by atoms with Gasteiger partial charge in [-0.15, -0.1) is 0 Å². The molecule has 2 heterocycles. The van der Waals surface area contributed by atoms with E-state index < -0.39 is 5.97 Å². The summed E-state index contributed by atoms with van der Waals surface area (Å²) in [5.41, 5.74) is 1.26. The Hall–Kier alpha value is -2.95. The number of fused-ring (bicyclic) bond motifs is 1. The fourth-order valence-electron chi connectivity index (χ4n) is 2.05. The molecule has 5 nitrogen and oxygen atoms in total. The number of esters is 1. The van der Waals surface area contributed by atoms with Crippen molar-refractivity contribution in [3.8, 4) is 5.75 Å². The third-order valence-corrected chi connectivity index (χ3v) is 2.95. The second-order valence-corrected chi connectivity index (χ2v) is 4.45. The minimum Gasteiger partial charge on any atom is -0.463 e.